The predicted molar refractivity (Wildman–Crippen MR) is 77.7 cm³/mol. The van der Waals surface area contributed by atoms with Gasteiger partial charge in [-0.3, -0.25) is 9.69 Å². The molecule has 102 valence electrons. The van der Waals surface area contributed by atoms with Gasteiger partial charge in [0.05, 0.1) is 19.7 Å². The van der Waals surface area contributed by atoms with E-state index in [0.29, 0.717) is 19.6 Å². The van der Waals surface area contributed by atoms with Crippen LogP contribution in [0.15, 0.2) is 15.9 Å². The maximum atomic E-state index is 11.7. The molecule has 0 aliphatic carbocycles. The first-order valence-corrected chi connectivity index (χ1v) is 7.65. The fourth-order valence-electron chi connectivity index (χ4n) is 1.62. The Morgan fingerprint density at radius 1 is 1.56 bits per heavy atom. The molecule has 4 nitrogen and oxygen atoms in total. The maximum Gasteiger partial charge on any atom is 0.234 e. The molecule has 0 fully saturated rings. The van der Waals surface area contributed by atoms with Crippen molar-refractivity contribution in [1.29, 1.82) is 0 Å². The third-order valence-corrected chi connectivity index (χ3v) is 4.10. The summed E-state index contributed by atoms with van der Waals surface area (Å²) in [6, 6.07) is 2.00. The normalized spacial score (nSPS) is 10.9. The molecule has 0 atom stereocenters. The van der Waals surface area contributed by atoms with Crippen molar-refractivity contribution in [2.75, 3.05) is 26.2 Å². The number of nitrogens with one attached hydrogen (secondary N) is 1. The molecule has 6 heteroatoms. The van der Waals surface area contributed by atoms with Gasteiger partial charge in [0.15, 0.2) is 0 Å². The van der Waals surface area contributed by atoms with Crippen LogP contribution in [0.1, 0.15) is 18.2 Å². The van der Waals surface area contributed by atoms with E-state index in [1.54, 1.807) is 11.3 Å². The SMILES string of the molecule is CCCN(CCO)CC(=O)NCc1cc(Br)cs1. The second-order valence-corrected chi connectivity index (χ2v) is 5.92. The Balaban J connectivity index is 2.31. The molecule has 0 saturated heterocycles. The van der Waals surface area contributed by atoms with Gasteiger partial charge < -0.3 is 10.4 Å². The number of amides is 1. The lowest BCUT2D eigenvalue weighted by Crippen LogP contribution is -2.38. The second kappa shape index (κ2) is 8.63. The van der Waals surface area contributed by atoms with Crippen LogP contribution in [0.2, 0.25) is 0 Å². The van der Waals surface area contributed by atoms with Gasteiger partial charge in [-0.05, 0) is 35.0 Å². The summed E-state index contributed by atoms with van der Waals surface area (Å²) < 4.78 is 1.05. The van der Waals surface area contributed by atoms with Crippen LogP contribution in [0, 0.1) is 0 Å². The number of nitrogens with zero attached hydrogens (tertiary/aromatic N) is 1. The van der Waals surface area contributed by atoms with Crippen LogP contribution < -0.4 is 5.32 Å². The third kappa shape index (κ3) is 5.95. The molecular formula is C12H19BrN2O2S. The molecule has 0 radical (unpaired) electrons. The lowest BCUT2D eigenvalue weighted by atomic mass is 10.3. The van der Waals surface area contributed by atoms with Crippen LogP contribution in [0.5, 0.6) is 0 Å². The largest absolute Gasteiger partial charge is 0.395 e. The van der Waals surface area contributed by atoms with Crippen molar-refractivity contribution in [3.8, 4) is 0 Å². The fourth-order valence-corrected chi connectivity index (χ4v) is 3.01. The van der Waals surface area contributed by atoms with Crippen molar-refractivity contribution in [3.63, 3.8) is 0 Å². The first-order chi connectivity index (χ1) is 8.65. The van der Waals surface area contributed by atoms with E-state index in [1.807, 2.05) is 16.3 Å². The smallest absolute Gasteiger partial charge is 0.234 e. The van der Waals surface area contributed by atoms with Gasteiger partial charge in [-0.15, -0.1) is 11.3 Å². The van der Waals surface area contributed by atoms with Crippen molar-refractivity contribution < 1.29 is 9.90 Å². The number of carbonyl (C=O) groups excluding carboxylic acids is 1. The summed E-state index contributed by atoms with van der Waals surface area (Å²) in [6.45, 7) is 4.44. The highest BCUT2D eigenvalue weighted by atomic mass is 79.9. The van der Waals surface area contributed by atoms with E-state index in [4.69, 9.17) is 5.11 Å². The summed E-state index contributed by atoms with van der Waals surface area (Å²) in [5, 5.41) is 13.8. The maximum absolute atomic E-state index is 11.7. The first-order valence-electron chi connectivity index (χ1n) is 5.98. The van der Waals surface area contributed by atoms with Crippen molar-refractivity contribution in [3.05, 3.63) is 20.8 Å². The first kappa shape index (κ1) is 15.6. The van der Waals surface area contributed by atoms with E-state index >= 15 is 0 Å². The molecular weight excluding hydrogens is 316 g/mol. The number of thiophene rings is 1. The van der Waals surface area contributed by atoms with Crippen molar-refractivity contribution in [2.24, 2.45) is 0 Å². The molecule has 0 saturated carbocycles. The van der Waals surface area contributed by atoms with E-state index in [2.05, 4.69) is 28.2 Å². The van der Waals surface area contributed by atoms with Gasteiger partial charge >= 0.3 is 0 Å². The zero-order valence-corrected chi connectivity index (χ0v) is 12.9. The summed E-state index contributed by atoms with van der Waals surface area (Å²) in [4.78, 5) is 14.8. The van der Waals surface area contributed by atoms with Crippen molar-refractivity contribution >= 4 is 33.2 Å². The molecule has 0 aliphatic rings. The van der Waals surface area contributed by atoms with E-state index in [0.717, 1.165) is 22.3 Å². The minimum atomic E-state index is 0.00132. The fraction of sp³-hybridized carbons (Fsp3) is 0.583. The quantitative estimate of drug-likeness (QED) is 0.762. The Labute approximate surface area is 120 Å². The standard InChI is InChI=1S/C12H19BrN2O2S/c1-2-3-15(4-5-16)8-12(17)14-7-11-6-10(13)9-18-11/h6,9,16H,2-5,7-8H2,1H3,(H,14,17). The molecule has 0 aromatic carbocycles. The van der Waals surface area contributed by atoms with Gasteiger partial charge in [-0.2, -0.15) is 0 Å². The number of hydrogen-bond donors (Lipinski definition) is 2. The average molecular weight is 335 g/mol. The van der Waals surface area contributed by atoms with Gasteiger partial charge in [-0.25, -0.2) is 0 Å². The van der Waals surface area contributed by atoms with Gasteiger partial charge in [0, 0.05) is 21.3 Å². The Bertz CT molecular complexity index is 365. The molecule has 2 N–H and O–H groups in total. The highest BCUT2D eigenvalue weighted by Gasteiger charge is 2.09. The highest BCUT2D eigenvalue weighted by molar-refractivity contribution is 9.10. The van der Waals surface area contributed by atoms with Gasteiger partial charge in [-0.1, -0.05) is 6.92 Å². The number of hydrogen-bond acceptors (Lipinski definition) is 4. The number of carbonyl (C=O) groups is 1. The summed E-state index contributed by atoms with van der Waals surface area (Å²) in [5.41, 5.74) is 0. The summed E-state index contributed by atoms with van der Waals surface area (Å²) in [6.07, 6.45) is 0.977. The Hall–Kier alpha value is -0.430. The topological polar surface area (TPSA) is 52.6 Å². The van der Waals surface area contributed by atoms with Crippen molar-refractivity contribution in [2.45, 2.75) is 19.9 Å². The molecule has 0 bridgehead atoms. The number of aliphatic hydroxyl groups excluding tert-OH is 1. The molecule has 1 heterocycles. The van der Waals surface area contributed by atoms with Crippen molar-refractivity contribution in [1.82, 2.24) is 10.2 Å². The average Bonchev–Trinajstić information content (AvgIpc) is 2.73. The molecule has 1 aromatic heterocycles. The summed E-state index contributed by atoms with van der Waals surface area (Å²) in [5.74, 6) is 0.00132. The predicted octanol–water partition coefficient (Wildman–Crippen LogP) is 1.83. The van der Waals surface area contributed by atoms with Crippen LogP contribution in [-0.4, -0.2) is 42.2 Å². The monoisotopic (exact) mass is 334 g/mol. The van der Waals surface area contributed by atoms with Crippen LogP contribution in [0.25, 0.3) is 0 Å². The van der Waals surface area contributed by atoms with E-state index in [-0.39, 0.29) is 12.5 Å². The molecule has 1 rings (SSSR count). The van der Waals surface area contributed by atoms with E-state index in [1.165, 1.54) is 0 Å². The molecule has 0 unspecified atom stereocenters. The van der Waals surface area contributed by atoms with Crippen LogP contribution in [0.3, 0.4) is 0 Å². The molecule has 0 aliphatic heterocycles. The molecule has 1 aromatic rings. The molecule has 0 spiro atoms. The summed E-state index contributed by atoms with van der Waals surface area (Å²) >= 11 is 5.00. The second-order valence-electron chi connectivity index (χ2n) is 4.01. The van der Waals surface area contributed by atoms with Gasteiger partial charge in [0.1, 0.15) is 0 Å². The lowest BCUT2D eigenvalue weighted by molar-refractivity contribution is -0.122. The number of rotatable bonds is 8. The van der Waals surface area contributed by atoms with Crippen LogP contribution >= 0.6 is 27.3 Å². The molecule has 18 heavy (non-hydrogen) atoms. The van der Waals surface area contributed by atoms with Gasteiger partial charge in [0.2, 0.25) is 5.91 Å². The minimum Gasteiger partial charge on any atom is -0.395 e. The summed E-state index contributed by atoms with van der Waals surface area (Å²) in [7, 11) is 0. The van der Waals surface area contributed by atoms with Crippen LogP contribution in [-0.2, 0) is 11.3 Å². The Morgan fingerprint density at radius 3 is 2.89 bits per heavy atom. The number of aliphatic hydroxyl groups is 1. The van der Waals surface area contributed by atoms with Gasteiger partial charge in [0.25, 0.3) is 0 Å². The highest BCUT2D eigenvalue weighted by Crippen LogP contribution is 2.19. The lowest BCUT2D eigenvalue weighted by Gasteiger charge is -2.19. The van der Waals surface area contributed by atoms with E-state index in [9.17, 15) is 4.79 Å². The zero-order chi connectivity index (χ0) is 13.4. The third-order valence-electron chi connectivity index (χ3n) is 2.40. The number of halogens is 1. The molecule has 1 amide bonds. The minimum absolute atomic E-state index is 0.00132. The van der Waals surface area contributed by atoms with E-state index < -0.39 is 0 Å². The Kier molecular flexibility index (Phi) is 7.50. The Morgan fingerprint density at radius 2 is 2.33 bits per heavy atom. The zero-order valence-electron chi connectivity index (χ0n) is 10.5. The van der Waals surface area contributed by atoms with Crippen LogP contribution in [0.4, 0.5) is 0 Å².